The molecule has 0 aliphatic rings. The van der Waals surface area contributed by atoms with Gasteiger partial charge < -0.3 is 0 Å². The van der Waals surface area contributed by atoms with Crippen LogP contribution in [0.2, 0.25) is 0 Å². The van der Waals surface area contributed by atoms with Gasteiger partial charge in [0, 0.05) is 11.1 Å². The number of carbonyl (C=O) groups excluding carboxylic acids is 2. The van der Waals surface area contributed by atoms with E-state index in [2.05, 4.69) is 0 Å². The molecule has 0 heterocycles. The van der Waals surface area contributed by atoms with Gasteiger partial charge in [0.2, 0.25) is 0 Å². The van der Waals surface area contributed by atoms with Crippen molar-refractivity contribution >= 4 is 11.6 Å². The Kier molecular flexibility index (Phi) is 3.49. The van der Waals surface area contributed by atoms with Crippen LogP contribution in [0.3, 0.4) is 0 Å². The van der Waals surface area contributed by atoms with Crippen LogP contribution in [0.25, 0.3) is 0 Å². The zero-order valence-corrected chi connectivity index (χ0v) is 9.67. The van der Waals surface area contributed by atoms with Gasteiger partial charge in [-0.1, -0.05) is 60.7 Å². The summed E-state index contributed by atoms with van der Waals surface area (Å²) in [4.78, 5) is 24.0. The molecule has 0 fully saturated rings. The molecule has 0 spiro atoms. The molecule has 0 aromatic heterocycles. The maximum absolute atomic E-state index is 12.0. The van der Waals surface area contributed by atoms with Crippen molar-refractivity contribution in [2.45, 2.75) is 0 Å². The van der Waals surface area contributed by atoms with Crippen LogP contribution in [-0.2, 0) is 0 Å². The van der Waals surface area contributed by atoms with Crippen LogP contribution in [-0.4, -0.2) is 11.6 Å². The standard InChI is InChI=1S/C16H11O2/c1-12(15(17)13-8-4-2-5-9-13)16(18)14-10-6-3-7-11-14/h1-11H. The molecular weight excluding hydrogens is 224 g/mol. The number of rotatable bonds is 4. The van der Waals surface area contributed by atoms with Gasteiger partial charge in [-0.3, -0.25) is 9.59 Å². The summed E-state index contributed by atoms with van der Waals surface area (Å²) in [6.45, 7) is 5.64. The van der Waals surface area contributed by atoms with E-state index in [1.165, 1.54) is 0 Å². The van der Waals surface area contributed by atoms with E-state index in [-0.39, 0.29) is 5.57 Å². The van der Waals surface area contributed by atoms with E-state index < -0.39 is 11.6 Å². The second-order valence-corrected chi connectivity index (χ2v) is 3.80. The van der Waals surface area contributed by atoms with Gasteiger partial charge in [0.15, 0.2) is 11.6 Å². The minimum Gasteiger partial charge on any atom is -0.288 e. The number of hydrogen-bond acceptors (Lipinski definition) is 2. The fraction of sp³-hybridized carbons (Fsp3) is 0. The smallest absolute Gasteiger partial charge is 0.196 e. The number of Topliss-reactive ketones (excluding diaryl/α,β-unsaturated/α-hetero) is 2. The van der Waals surface area contributed by atoms with Gasteiger partial charge in [-0.05, 0) is 6.58 Å². The predicted octanol–water partition coefficient (Wildman–Crippen LogP) is 3.11. The van der Waals surface area contributed by atoms with Gasteiger partial charge in [-0.25, -0.2) is 0 Å². The molecule has 0 bridgehead atoms. The molecule has 0 unspecified atom stereocenters. The molecule has 0 atom stereocenters. The van der Waals surface area contributed by atoms with Gasteiger partial charge in [0.1, 0.15) is 0 Å². The molecule has 2 aromatic carbocycles. The highest BCUT2D eigenvalue weighted by Gasteiger charge is 2.18. The number of allylic oxidation sites excluding steroid dienone is 1. The fourth-order valence-electron chi connectivity index (χ4n) is 1.59. The molecule has 2 heteroatoms. The van der Waals surface area contributed by atoms with Crippen LogP contribution in [0.15, 0.2) is 66.2 Å². The summed E-state index contributed by atoms with van der Waals surface area (Å²) in [6, 6.07) is 17.0. The highest BCUT2D eigenvalue weighted by molar-refractivity contribution is 6.30. The van der Waals surface area contributed by atoms with Crippen molar-refractivity contribution in [3.8, 4) is 0 Å². The van der Waals surface area contributed by atoms with Crippen LogP contribution in [0.5, 0.6) is 0 Å². The summed E-state index contributed by atoms with van der Waals surface area (Å²) in [5.74, 6) is -0.881. The second kappa shape index (κ2) is 5.23. The van der Waals surface area contributed by atoms with E-state index in [0.717, 1.165) is 0 Å². The van der Waals surface area contributed by atoms with E-state index in [9.17, 15) is 9.59 Å². The molecular formula is C16H11O2. The largest absolute Gasteiger partial charge is 0.288 e. The van der Waals surface area contributed by atoms with Crippen LogP contribution in [0.1, 0.15) is 20.7 Å². The van der Waals surface area contributed by atoms with Crippen LogP contribution < -0.4 is 0 Å². The molecule has 2 aromatic rings. The van der Waals surface area contributed by atoms with E-state index in [0.29, 0.717) is 11.1 Å². The molecule has 0 saturated heterocycles. The van der Waals surface area contributed by atoms with Crippen molar-refractivity contribution < 1.29 is 9.59 Å². The summed E-state index contributed by atoms with van der Waals surface area (Å²) in [5, 5.41) is 0. The fourth-order valence-corrected chi connectivity index (χ4v) is 1.59. The highest BCUT2D eigenvalue weighted by Crippen LogP contribution is 2.12. The first-order chi connectivity index (χ1) is 8.70. The Morgan fingerprint density at radius 1 is 0.667 bits per heavy atom. The van der Waals surface area contributed by atoms with E-state index in [4.69, 9.17) is 6.58 Å². The van der Waals surface area contributed by atoms with Gasteiger partial charge in [-0.2, -0.15) is 0 Å². The summed E-state index contributed by atoms with van der Waals surface area (Å²) in [7, 11) is 0. The predicted molar refractivity (Wildman–Crippen MR) is 69.4 cm³/mol. The number of ketones is 2. The van der Waals surface area contributed by atoms with Crippen molar-refractivity contribution in [3.63, 3.8) is 0 Å². The van der Waals surface area contributed by atoms with Crippen molar-refractivity contribution in [3.05, 3.63) is 83.9 Å². The maximum atomic E-state index is 12.0. The molecule has 0 aliphatic carbocycles. The Bertz CT molecular complexity index is 530. The second-order valence-electron chi connectivity index (χ2n) is 3.80. The number of benzene rings is 2. The van der Waals surface area contributed by atoms with E-state index in [1.54, 1.807) is 60.7 Å². The molecule has 0 amide bonds. The highest BCUT2D eigenvalue weighted by atomic mass is 16.1. The molecule has 0 N–H and O–H groups in total. The average molecular weight is 235 g/mol. The topological polar surface area (TPSA) is 34.1 Å². The Balaban J connectivity index is 2.23. The molecule has 2 nitrogen and oxygen atoms in total. The van der Waals surface area contributed by atoms with Gasteiger partial charge in [0.25, 0.3) is 0 Å². The first kappa shape index (κ1) is 12.0. The quantitative estimate of drug-likeness (QED) is 0.353. The van der Waals surface area contributed by atoms with Crippen LogP contribution in [0.4, 0.5) is 0 Å². The Morgan fingerprint density at radius 3 is 1.33 bits per heavy atom. The van der Waals surface area contributed by atoms with Crippen molar-refractivity contribution in [1.82, 2.24) is 0 Å². The minimum absolute atomic E-state index is 0.257. The lowest BCUT2D eigenvalue weighted by atomic mass is 9.97. The zero-order chi connectivity index (χ0) is 13.0. The summed E-state index contributed by atoms with van der Waals surface area (Å²) in [6.07, 6.45) is 0. The SMILES string of the molecule is [CH]=C(C(=O)c1ccccc1)C(=O)c1ccccc1. The number of carbonyl (C=O) groups is 2. The number of hydrogen-bond donors (Lipinski definition) is 0. The molecule has 0 aliphatic heterocycles. The Morgan fingerprint density at radius 2 is 1.00 bits per heavy atom. The zero-order valence-electron chi connectivity index (χ0n) is 9.67. The van der Waals surface area contributed by atoms with E-state index >= 15 is 0 Å². The third kappa shape index (κ3) is 2.43. The first-order valence-electron chi connectivity index (χ1n) is 5.52. The lowest BCUT2D eigenvalue weighted by Gasteiger charge is -2.03. The van der Waals surface area contributed by atoms with Gasteiger partial charge >= 0.3 is 0 Å². The Hall–Kier alpha value is -2.48. The molecule has 18 heavy (non-hydrogen) atoms. The van der Waals surface area contributed by atoms with Gasteiger partial charge in [-0.15, -0.1) is 0 Å². The molecule has 2 rings (SSSR count). The summed E-state index contributed by atoms with van der Waals surface area (Å²) in [5.41, 5.74) is 0.575. The van der Waals surface area contributed by atoms with Crippen molar-refractivity contribution in [2.75, 3.05) is 0 Å². The van der Waals surface area contributed by atoms with Crippen molar-refractivity contribution in [1.29, 1.82) is 0 Å². The lowest BCUT2D eigenvalue weighted by molar-refractivity contribution is 0.0962. The van der Waals surface area contributed by atoms with E-state index in [1.807, 2.05) is 0 Å². The maximum Gasteiger partial charge on any atom is 0.196 e. The molecule has 87 valence electrons. The first-order valence-corrected chi connectivity index (χ1v) is 5.52. The minimum atomic E-state index is -0.440. The molecule has 1 radical (unpaired) electrons. The monoisotopic (exact) mass is 235 g/mol. The third-order valence-electron chi connectivity index (χ3n) is 2.56. The summed E-state index contributed by atoms with van der Waals surface area (Å²) >= 11 is 0. The normalized spacial score (nSPS) is 9.78. The molecule has 0 saturated carbocycles. The lowest BCUT2D eigenvalue weighted by Crippen LogP contribution is -2.12. The van der Waals surface area contributed by atoms with Crippen LogP contribution in [0, 0.1) is 6.58 Å². The Labute approximate surface area is 106 Å². The average Bonchev–Trinajstić information content (AvgIpc) is 2.47. The summed E-state index contributed by atoms with van der Waals surface area (Å²) < 4.78 is 0. The van der Waals surface area contributed by atoms with Crippen LogP contribution >= 0.6 is 0 Å². The van der Waals surface area contributed by atoms with Crippen molar-refractivity contribution in [2.24, 2.45) is 0 Å². The third-order valence-corrected chi connectivity index (χ3v) is 2.56. The van der Waals surface area contributed by atoms with Gasteiger partial charge in [0.05, 0.1) is 5.57 Å².